The highest BCUT2D eigenvalue weighted by Crippen LogP contribution is 2.39. The molecule has 102 valence electrons. The molecule has 1 amide bonds. The van der Waals surface area contributed by atoms with Gasteiger partial charge in [0.1, 0.15) is 12.7 Å². The average Bonchev–Trinajstić information content (AvgIpc) is 3.07. The zero-order valence-corrected chi connectivity index (χ0v) is 10.3. The maximum atomic E-state index is 11.8. The Balaban J connectivity index is 1.64. The molecule has 8 heteroatoms. The molecule has 0 saturated heterocycles. The number of carboxylic acid groups (broad SMARTS) is 1. The number of hydrogen-bond acceptors (Lipinski definition) is 5. The van der Waals surface area contributed by atoms with Crippen LogP contribution in [0.2, 0.25) is 0 Å². The van der Waals surface area contributed by atoms with Gasteiger partial charge in [0.2, 0.25) is 5.91 Å². The van der Waals surface area contributed by atoms with E-state index in [1.54, 1.807) is 12.1 Å². The number of carboxylic acids is 1. The lowest BCUT2D eigenvalue weighted by Gasteiger charge is -2.05. The molecule has 1 fully saturated rings. The first-order valence-corrected chi connectivity index (χ1v) is 6.00. The monoisotopic (exact) mass is 273 g/mol. The normalized spacial score (nSPS) is 20.4. The minimum Gasteiger partial charge on any atom is -0.481 e. The summed E-state index contributed by atoms with van der Waals surface area (Å²) >= 11 is 0. The summed E-state index contributed by atoms with van der Waals surface area (Å²) in [6, 6.07) is 3.37. The van der Waals surface area contributed by atoms with Gasteiger partial charge in [-0.15, -0.1) is 0 Å². The highest BCUT2D eigenvalue weighted by Gasteiger charge is 2.48. The summed E-state index contributed by atoms with van der Waals surface area (Å²) in [7, 11) is 0. The lowest BCUT2D eigenvalue weighted by molar-refractivity contribution is -0.139. The standard InChI is InChI=1S/C12H11N5O3/c18-11(8-3-9(8)12(19)20)16-7-1-2-10(14-4-7)17-6-13-5-15-17/h1-2,4-6,8-9H,3H2,(H,16,18)(H,19,20)/t8-,9+/m1/s1. The number of pyridine rings is 1. The molecule has 0 bridgehead atoms. The zero-order valence-electron chi connectivity index (χ0n) is 10.3. The highest BCUT2D eigenvalue weighted by molar-refractivity contribution is 5.98. The van der Waals surface area contributed by atoms with E-state index in [-0.39, 0.29) is 5.91 Å². The van der Waals surface area contributed by atoms with E-state index in [0.29, 0.717) is 17.9 Å². The van der Waals surface area contributed by atoms with E-state index in [9.17, 15) is 9.59 Å². The smallest absolute Gasteiger partial charge is 0.307 e. The van der Waals surface area contributed by atoms with E-state index in [1.165, 1.54) is 23.5 Å². The van der Waals surface area contributed by atoms with Crippen molar-refractivity contribution in [2.24, 2.45) is 11.8 Å². The third kappa shape index (κ3) is 2.35. The zero-order chi connectivity index (χ0) is 14.1. The number of amides is 1. The number of aromatic nitrogens is 4. The van der Waals surface area contributed by atoms with Gasteiger partial charge in [0, 0.05) is 0 Å². The Hall–Kier alpha value is -2.77. The van der Waals surface area contributed by atoms with Gasteiger partial charge in [0.05, 0.1) is 23.7 Å². The molecule has 1 aliphatic carbocycles. The Kier molecular flexibility index (Phi) is 2.90. The van der Waals surface area contributed by atoms with Gasteiger partial charge in [0.25, 0.3) is 0 Å². The second kappa shape index (κ2) is 4.72. The molecule has 1 saturated carbocycles. The van der Waals surface area contributed by atoms with E-state index in [1.807, 2.05) is 0 Å². The van der Waals surface area contributed by atoms with Crippen molar-refractivity contribution in [3.05, 3.63) is 31.0 Å². The van der Waals surface area contributed by atoms with Gasteiger partial charge < -0.3 is 10.4 Å². The second-order valence-electron chi connectivity index (χ2n) is 4.52. The lowest BCUT2D eigenvalue weighted by Crippen LogP contribution is -2.17. The summed E-state index contributed by atoms with van der Waals surface area (Å²) in [5, 5.41) is 15.4. The summed E-state index contributed by atoms with van der Waals surface area (Å²) in [6.45, 7) is 0. The molecule has 0 aromatic carbocycles. The SMILES string of the molecule is O=C(O)[C@H]1C[C@H]1C(=O)Nc1ccc(-n2cncn2)nc1. The van der Waals surface area contributed by atoms with E-state index in [2.05, 4.69) is 20.4 Å². The Morgan fingerprint density at radius 1 is 1.35 bits per heavy atom. The molecular weight excluding hydrogens is 262 g/mol. The molecule has 2 N–H and O–H groups in total. The molecule has 0 spiro atoms. The van der Waals surface area contributed by atoms with Gasteiger partial charge in [-0.1, -0.05) is 0 Å². The van der Waals surface area contributed by atoms with E-state index < -0.39 is 17.8 Å². The van der Waals surface area contributed by atoms with Crippen LogP contribution < -0.4 is 5.32 Å². The first-order chi connectivity index (χ1) is 9.65. The largest absolute Gasteiger partial charge is 0.481 e. The van der Waals surface area contributed by atoms with Crippen LogP contribution in [0.15, 0.2) is 31.0 Å². The summed E-state index contributed by atoms with van der Waals surface area (Å²) in [4.78, 5) is 30.4. The third-order valence-electron chi connectivity index (χ3n) is 3.11. The molecule has 20 heavy (non-hydrogen) atoms. The van der Waals surface area contributed by atoms with Crippen molar-refractivity contribution in [3.8, 4) is 5.82 Å². The molecule has 3 rings (SSSR count). The van der Waals surface area contributed by atoms with Gasteiger partial charge >= 0.3 is 5.97 Å². The van der Waals surface area contributed by atoms with Crippen molar-refractivity contribution in [1.29, 1.82) is 0 Å². The average molecular weight is 273 g/mol. The van der Waals surface area contributed by atoms with Crippen LogP contribution in [0.4, 0.5) is 5.69 Å². The number of nitrogens with zero attached hydrogens (tertiary/aromatic N) is 4. The predicted molar refractivity (Wildman–Crippen MR) is 67.0 cm³/mol. The molecule has 2 aromatic heterocycles. The van der Waals surface area contributed by atoms with E-state index in [4.69, 9.17) is 5.11 Å². The lowest BCUT2D eigenvalue weighted by atomic mass is 10.3. The first-order valence-electron chi connectivity index (χ1n) is 6.00. The van der Waals surface area contributed by atoms with Crippen LogP contribution in [-0.2, 0) is 9.59 Å². The summed E-state index contributed by atoms with van der Waals surface area (Å²) in [6.07, 6.45) is 4.80. The van der Waals surface area contributed by atoms with Crippen molar-refractivity contribution in [2.45, 2.75) is 6.42 Å². The maximum Gasteiger partial charge on any atom is 0.307 e. The highest BCUT2D eigenvalue weighted by atomic mass is 16.4. The van der Waals surface area contributed by atoms with E-state index in [0.717, 1.165) is 0 Å². The second-order valence-corrected chi connectivity index (χ2v) is 4.52. The number of anilines is 1. The van der Waals surface area contributed by atoms with Crippen LogP contribution in [0, 0.1) is 11.8 Å². The number of nitrogens with one attached hydrogen (secondary N) is 1. The van der Waals surface area contributed by atoms with Gasteiger partial charge in [-0.3, -0.25) is 9.59 Å². The van der Waals surface area contributed by atoms with Crippen LogP contribution in [0.5, 0.6) is 0 Å². The minimum absolute atomic E-state index is 0.285. The number of carbonyl (C=O) groups is 2. The summed E-state index contributed by atoms with van der Waals surface area (Å²) in [5.41, 5.74) is 0.523. The van der Waals surface area contributed by atoms with Gasteiger partial charge in [-0.25, -0.2) is 14.6 Å². The Bertz CT molecular complexity index is 638. The fourth-order valence-corrected chi connectivity index (χ4v) is 1.91. The molecule has 2 heterocycles. The summed E-state index contributed by atoms with van der Waals surface area (Å²) < 4.78 is 1.49. The van der Waals surface area contributed by atoms with Crippen molar-refractivity contribution in [2.75, 3.05) is 5.32 Å². The Labute approximate surface area is 113 Å². The van der Waals surface area contributed by atoms with Gasteiger partial charge in [-0.05, 0) is 18.6 Å². The Morgan fingerprint density at radius 3 is 2.75 bits per heavy atom. The Morgan fingerprint density at radius 2 is 2.20 bits per heavy atom. The minimum atomic E-state index is -0.926. The van der Waals surface area contributed by atoms with Crippen molar-refractivity contribution in [1.82, 2.24) is 19.7 Å². The van der Waals surface area contributed by atoms with Crippen molar-refractivity contribution < 1.29 is 14.7 Å². The number of hydrogen-bond donors (Lipinski definition) is 2. The quantitative estimate of drug-likeness (QED) is 0.830. The number of rotatable bonds is 4. The fourth-order valence-electron chi connectivity index (χ4n) is 1.91. The molecular formula is C12H11N5O3. The molecule has 2 atom stereocenters. The summed E-state index contributed by atoms with van der Waals surface area (Å²) in [5.74, 6) is -1.63. The maximum absolute atomic E-state index is 11.8. The molecule has 2 aromatic rings. The van der Waals surface area contributed by atoms with Gasteiger partial charge in [0.15, 0.2) is 5.82 Å². The molecule has 1 aliphatic rings. The molecule has 8 nitrogen and oxygen atoms in total. The van der Waals surface area contributed by atoms with Crippen LogP contribution in [0.25, 0.3) is 5.82 Å². The first kappa shape index (κ1) is 12.3. The number of aliphatic carboxylic acids is 1. The third-order valence-corrected chi connectivity index (χ3v) is 3.11. The predicted octanol–water partition coefficient (Wildman–Crippen LogP) is 0.322. The van der Waals surface area contributed by atoms with E-state index >= 15 is 0 Å². The topological polar surface area (TPSA) is 110 Å². The van der Waals surface area contributed by atoms with Crippen LogP contribution in [0.1, 0.15) is 6.42 Å². The fraction of sp³-hybridized carbons (Fsp3) is 0.250. The molecule has 0 unspecified atom stereocenters. The number of carbonyl (C=O) groups excluding carboxylic acids is 1. The molecule has 0 radical (unpaired) electrons. The van der Waals surface area contributed by atoms with Crippen LogP contribution >= 0.6 is 0 Å². The van der Waals surface area contributed by atoms with Gasteiger partial charge in [-0.2, -0.15) is 5.10 Å². The molecule has 0 aliphatic heterocycles. The van der Waals surface area contributed by atoms with Crippen LogP contribution in [-0.4, -0.2) is 36.7 Å². The van der Waals surface area contributed by atoms with Crippen molar-refractivity contribution >= 4 is 17.6 Å². The van der Waals surface area contributed by atoms with Crippen LogP contribution in [0.3, 0.4) is 0 Å². The van der Waals surface area contributed by atoms with Crippen molar-refractivity contribution in [3.63, 3.8) is 0 Å².